The molecule has 10 heteroatoms. The molecule has 0 aromatic heterocycles. The smallest absolute Gasteiger partial charge is 0.344 e. The van der Waals surface area contributed by atoms with Gasteiger partial charge < -0.3 is 25.4 Å². The summed E-state index contributed by atoms with van der Waals surface area (Å²) in [7, 11) is 0. The highest BCUT2D eigenvalue weighted by Gasteiger charge is 2.42. The molecule has 3 amide bonds. The number of unbranched alkanes of at least 4 members (excludes halogenated alkanes) is 1. The first-order chi connectivity index (χ1) is 17.1. The lowest BCUT2D eigenvalue weighted by Crippen LogP contribution is -2.36. The zero-order chi connectivity index (χ0) is 26.1. The third-order valence-corrected chi connectivity index (χ3v) is 7.45. The fourth-order valence-corrected chi connectivity index (χ4v) is 5.78. The van der Waals surface area contributed by atoms with Gasteiger partial charge in [0.2, 0.25) is 5.91 Å². The van der Waals surface area contributed by atoms with Crippen LogP contribution >= 0.6 is 11.8 Å². The summed E-state index contributed by atoms with van der Waals surface area (Å²) in [5, 5.41) is 9.22. The molecule has 0 unspecified atom stereocenters. The number of thioether (sulfide) groups is 1. The molecular formula is C26H37N3O6S. The quantitative estimate of drug-likeness (QED) is 0.158. The number of ether oxygens (including phenoxy) is 2. The van der Waals surface area contributed by atoms with Crippen molar-refractivity contribution in [2.24, 2.45) is 0 Å². The lowest BCUT2D eigenvalue weighted by atomic mass is 10.0. The van der Waals surface area contributed by atoms with Crippen LogP contribution in [-0.4, -0.2) is 65.5 Å². The summed E-state index contributed by atoms with van der Waals surface area (Å²) in [6.07, 6.45) is 4.10. The molecule has 1 aromatic carbocycles. The number of carbonyl (C=O) groups excluding carboxylic acids is 4. The molecule has 3 atom stereocenters. The van der Waals surface area contributed by atoms with Crippen LogP contribution in [0.2, 0.25) is 0 Å². The summed E-state index contributed by atoms with van der Waals surface area (Å²) in [5.41, 5.74) is -0.00447. The largest absolute Gasteiger partial charge is 0.482 e. The van der Waals surface area contributed by atoms with E-state index in [9.17, 15) is 19.2 Å². The molecular weight excluding hydrogens is 482 g/mol. The summed E-state index contributed by atoms with van der Waals surface area (Å²) < 4.78 is 10.6. The molecule has 9 nitrogen and oxygen atoms in total. The van der Waals surface area contributed by atoms with E-state index in [2.05, 4.69) is 16.0 Å². The molecule has 0 bridgehead atoms. The van der Waals surface area contributed by atoms with E-state index in [-0.39, 0.29) is 36.4 Å². The Morgan fingerprint density at radius 3 is 2.53 bits per heavy atom. The summed E-state index contributed by atoms with van der Waals surface area (Å²) >= 11 is 1.88. The Morgan fingerprint density at radius 2 is 1.81 bits per heavy atom. The minimum atomic E-state index is -0.566. The number of benzene rings is 1. The van der Waals surface area contributed by atoms with Crippen LogP contribution in [0.3, 0.4) is 0 Å². The minimum Gasteiger partial charge on any atom is -0.482 e. The van der Waals surface area contributed by atoms with Crippen LogP contribution in [0.1, 0.15) is 69.7 Å². The highest BCUT2D eigenvalue weighted by Crippen LogP contribution is 2.33. The van der Waals surface area contributed by atoms with Gasteiger partial charge in [0, 0.05) is 36.0 Å². The average molecular weight is 520 g/mol. The molecule has 2 saturated heterocycles. The number of hydrogen-bond acceptors (Lipinski definition) is 7. The van der Waals surface area contributed by atoms with E-state index >= 15 is 0 Å². The highest BCUT2D eigenvalue weighted by atomic mass is 32.2. The molecule has 0 radical (unpaired) electrons. The number of ketones is 1. The third-order valence-electron chi connectivity index (χ3n) is 5.94. The molecule has 36 heavy (non-hydrogen) atoms. The third kappa shape index (κ3) is 9.04. The molecule has 1 aromatic rings. The van der Waals surface area contributed by atoms with Crippen LogP contribution in [-0.2, 0) is 14.3 Å². The molecule has 3 rings (SSSR count). The first-order valence-corrected chi connectivity index (χ1v) is 13.6. The Hall–Kier alpha value is -2.75. The number of amides is 3. The molecule has 2 fully saturated rings. The van der Waals surface area contributed by atoms with Crippen molar-refractivity contribution in [1.29, 1.82) is 0 Å². The number of urea groups is 1. The number of carbonyl (C=O) groups is 4. The maximum Gasteiger partial charge on any atom is 0.344 e. The summed E-state index contributed by atoms with van der Waals surface area (Å²) in [4.78, 5) is 47.7. The van der Waals surface area contributed by atoms with Crippen molar-refractivity contribution >= 4 is 35.5 Å². The van der Waals surface area contributed by atoms with Crippen LogP contribution in [0.5, 0.6) is 5.75 Å². The lowest BCUT2D eigenvalue weighted by molar-refractivity contribution is -0.157. The van der Waals surface area contributed by atoms with Crippen LogP contribution in [0.4, 0.5) is 4.79 Å². The fraction of sp³-hybridized carbons (Fsp3) is 0.615. The second-order valence-electron chi connectivity index (χ2n) is 10.1. The first-order valence-electron chi connectivity index (χ1n) is 12.5. The molecule has 198 valence electrons. The molecule has 0 spiro atoms. The van der Waals surface area contributed by atoms with Gasteiger partial charge >= 0.3 is 12.0 Å². The van der Waals surface area contributed by atoms with Crippen LogP contribution in [0.15, 0.2) is 24.3 Å². The van der Waals surface area contributed by atoms with Crippen LogP contribution in [0, 0.1) is 0 Å². The lowest BCUT2D eigenvalue weighted by Gasteiger charge is -2.19. The number of esters is 1. The molecule has 3 N–H and O–H groups in total. The van der Waals surface area contributed by atoms with Gasteiger partial charge in [-0.2, -0.15) is 11.8 Å². The number of Topliss-reactive ketones (excluding diaryl/α,β-unsaturated/α-hetero) is 1. The number of nitrogens with one attached hydrogen (secondary N) is 3. The Labute approximate surface area is 216 Å². The fourth-order valence-electron chi connectivity index (χ4n) is 4.23. The van der Waals surface area contributed by atoms with E-state index in [1.54, 1.807) is 45.0 Å². The molecule has 0 aliphatic carbocycles. The highest BCUT2D eigenvalue weighted by molar-refractivity contribution is 8.00. The summed E-state index contributed by atoms with van der Waals surface area (Å²) in [6, 6.07) is 7.01. The number of fused-ring (bicyclic) bond motifs is 1. The van der Waals surface area contributed by atoms with Gasteiger partial charge in [0.25, 0.3) is 0 Å². The van der Waals surface area contributed by atoms with E-state index < -0.39 is 11.6 Å². The Kier molecular flexibility index (Phi) is 10.0. The van der Waals surface area contributed by atoms with E-state index in [1.165, 1.54) is 0 Å². The number of rotatable bonds is 13. The predicted molar refractivity (Wildman–Crippen MR) is 138 cm³/mol. The Morgan fingerprint density at radius 1 is 1.06 bits per heavy atom. The number of hydrogen-bond donors (Lipinski definition) is 3. The van der Waals surface area contributed by atoms with Gasteiger partial charge in [-0.05, 0) is 64.3 Å². The van der Waals surface area contributed by atoms with Gasteiger partial charge in [-0.1, -0.05) is 6.42 Å². The van der Waals surface area contributed by atoms with Gasteiger partial charge in [0.1, 0.15) is 11.4 Å². The predicted octanol–water partition coefficient (Wildman–Crippen LogP) is 3.21. The maximum absolute atomic E-state index is 12.4. The van der Waals surface area contributed by atoms with Crippen molar-refractivity contribution in [2.75, 3.05) is 18.9 Å². The molecule has 2 aliphatic heterocycles. The van der Waals surface area contributed by atoms with Crippen LogP contribution < -0.4 is 20.7 Å². The van der Waals surface area contributed by atoms with E-state index in [4.69, 9.17) is 9.47 Å². The van der Waals surface area contributed by atoms with Crippen molar-refractivity contribution in [3.63, 3.8) is 0 Å². The van der Waals surface area contributed by atoms with Gasteiger partial charge in [0.05, 0.1) is 12.1 Å². The van der Waals surface area contributed by atoms with E-state index in [0.717, 1.165) is 25.0 Å². The zero-order valence-corrected chi connectivity index (χ0v) is 22.1. The summed E-state index contributed by atoms with van der Waals surface area (Å²) in [5.74, 6) is 0.970. The van der Waals surface area contributed by atoms with Gasteiger partial charge in [-0.3, -0.25) is 9.59 Å². The Balaban J connectivity index is 1.23. The zero-order valence-electron chi connectivity index (χ0n) is 21.3. The van der Waals surface area contributed by atoms with Gasteiger partial charge in [-0.15, -0.1) is 0 Å². The Bertz CT molecular complexity index is 931. The SMILES string of the molecule is CC(C)(C)OC(=O)COc1ccc(C(=O)CCCNC(=O)CCCC[C@@H]2SC[C@@H]3NC(=O)N[C@@H]32)cc1. The summed E-state index contributed by atoms with van der Waals surface area (Å²) in [6.45, 7) is 5.64. The van der Waals surface area contributed by atoms with Crippen molar-refractivity contribution in [3.8, 4) is 5.75 Å². The average Bonchev–Trinajstić information content (AvgIpc) is 3.36. The monoisotopic (exact) mass is 519 g/mol. The van der Waals surface area contributed by atoms with Crippen molar-refractivity contribution < 1.29 is 28.7 Å². The molecule has 2 aliphatic rings. The normalized spacial score (nSPS) is 20.8. The van der Waals surface area contributed by atoms with Crippen molar-refractivity contribution in [2.45, 2.75) is 82.2 Å². The van der Waals surface area contributed by atoms with Crippen molar-refractivity contribution in [1.82, 2.24) is 16.0 Å². The standard InChI is InChI=1S/C26H37N3O6S/c1-26(2,3)35-23(32)15-34-18-12-10-17(11-13-18)20(30)7-6-14-27-22(31)9-5-4-8-21-24-19(16-36-21)28-25(33)29-24/h10-13,19,21,24H,4-9,14-16H2,1-3H3,(H,27,31)(H2,28,29,33)/t19-,21-,24-/m0/s1. The maximum atomic E-state index is 12.4. The molecule has 2 heterocycles. The van der Waals surface area contributed by atoms with Crippen molar-refractivity contribution in [3.05, 3.63) is 29.8 Å². The van der Waals surface area contributed by atoms with Gasteiger partial charge in [-0.25, -0.2) is 9.59 Å². The second-order valence-corrected chi connectivity index (χ2v) is 11.4. The van der Waals surface area contributed by atoms with E-state index in [1.807, 2.05) is 11.8 Å². The van der Waals surface area contributed by atoms with Crippen LogP contribution in [0.25, 0.3) is 0 Å². The minimum absolute atomic E-state index is 0.00160. The molecule has 0 saturated carbocycles. The van der Waals surface area contributed by atoms with E-state index in [0.29, 0.717) is 42.4 Å². The van der Waals surface area contributed by atoms with Gasteiger partial charge in [0.15, 0.2) is 12.4 Å². The second kappa shape index (κ2) is 13.0. The first kappa shape index (κ1) is 27.8. The topological polar surface area (TPSA) is 123 Å².